The van der Waals surface area contributed by atoms with Gasteiger partial charge in [0.2, 0.25) is 0 Å². The maximum atomic E-state index is 6.86. The molecule has 34 heavy (non-hydrogen) atoms. The SMILES string of the molecule is Clc1ccccc1C(=C1SC2=C(SC=CS2)S1)C(=C1SC2=C(SC=CS2)S1)c1ccccc1Cl. The van der Waals surface area contributed by atoms with E-state index in [1.165, 1.54) is 25.4 Å². The second kappa shape index (κ2) is 10.9. The molecule has 0 atom stereocenters. The van der Waals surface area contributed by atoms with Crippen molar-refractivity contribution < 1.29 is 0 Å². The third-order valence-corrected chi connectivity index (χ3v) is 15.9. The van der Waals surface area contributed by atoms with Gasteiger partial charge in [0.1, 0.15) is 0 Å². The van der Waals surface area contributed by atoms with E-state index in [0.717, 1.165) is 32.3 Å². The largest absolute Gasteiger partial charge is 0.0884 e. The lowest BCUT2D eigenvalue weighted by molar-refractivity contribution is 1.58. The van der Waals surface area contributed by atoms with Crippen LogP contribution in [0.2, 0.25) is 10.0 Å². The monoisotopic (exact) mass is 626 g/mol. The van der Waals surface area contributed by atoms with E-state index in [1.807, 2.05) is 71.3 Å². The normalized spacial score (nSPS) is 19.1. The molecule has 0 nitrogen and oxygen atoms in total. The minimum atomic E-state index is 0.746. The van der Waals surface area contributed by atoms with Crippen molar-refractivity contribution >= 4 is 128 Å². The van der Waals surface area contributed by atoms with Crippen molar-refractivity contribution in [1.82, 2.24) is 0 Å². The van der Waals surface area contributed by atoms with Crippen LogP contribution in [0.15, 0.2) is 95.6 Å². The quantitative estimate of drug-likeness (QED) is 0.325. The molecule has 0 unspecified atom stereocenters. The number of hydrogen-bond donors (Lipinski definition) is 0. The Bertz CT molecular complexity index is 1230. The second-order valence-electron chi connectivity index (χ2n) is 6.86. The van der Waals surface area contributed by atoms with Crippen LogP contribution < -0.4 is 0 Å². The van der Waals surface area contributed by atoms with Gasteiger partial charge in [0.25, 0.3) is 0 Å². The zero-order valence-electron chi connectivity index (χ0n) is 17.0. The minimum Gasteiger partial charge on any atom is -0.0884 e. The summed E-state index contributed by atoms with van der Waals surface area (Å²) in [5.41, 5.74) is 4.38. The van der Waals surface area contributed by atoms with Crippen molar-refractivity contribution in [1.29, 1.82) is 0 Å². The van der Waals surface area contributed by atoms with Crippen molar-refractivity contribution in [3.63, 3.8) is 0 Å². The highest BCUT2D eigenvalue weighted by molar-refractivity contribution is 8.43. The highest BCUT2D eigenvalue weighted by Crippen LogP contribution is 2.66. The smallest absolute Gasteiger partial charge is 0.0705 e. The number of rotatable bonds is 3. The van der Waals surface area contributed by atoms with E-state index < -0.39 is 0 Å². The van der Waals surface area contributed by atoms with Crippen LogP contribution >= 0.6 is 117 Å². The lowest BCUT2D eigenvalue weighted by atomic mass is 9.94. The average molecular weight is 628 g/mol. The Kier molecular flexibility index (Phi) is 7.91. The van der Waals surface area contributed by atoms with Gasteiger partial charge in [-0.2, -0.15) is 0 Å². The highest BCUT2D eigenvalue weighted by atomic mass is 35.5. The number of allylic oxidation sites excluding steroid dienone is 2. The zero-order valence-corrected chi connectivity index (χ0v) is 25.0. The van der Waals surface area contributed by atoms with Crippen molar-refractivity contribution in [2.24, 2.45) is 0 Å². The molecule has 0 amide bonds. The fourth-order valence-electron chi connectivity index (χ4n) is 3.42. The topological polar surface area (TPSA) is 0 Å². The van der Waals surface area contributed by atoms with Gasteiger partial charge in [0.15, 0.2) is 0 Å². The molecule has 4 aliphatic rings. The van der Waals surface area contributed by atoms with Crippen molar-refractivity contribution in [3.05, 3.63) is 117 Å². The first-order valence-electron chi connectivity index (χ1n) is 9.84. The van der Waals surface area contributed by atoms with Crippen molar-refractivity contribution in [2.75, 3.05) is 0 Å². The molecular formula is C24H12Cl2S8. The molecule has 0 spiro atoms. The summed E-state index contributed by atoms with van der Waals surface area (Å²) in [4.78, 5) is 0. The Morgan fingerprint density at radius 3 is 1.12 bits per heavy atom. The number of thioether (sulfide) groups is 8. The van der Waals surface area contributed by atoms with Crippen LogP contribution in [0.5, 0.6) is 0 Å². The lowest BCUT2D eigenvalue weighted by Gasteiger charge is -2.20. The summed E-state index contributed by atoms with van der Waals surface area (Å²) >= 11 is 28.3. The Hall–Kier alpha value is 0.260. The highest BCUT2D eigenvalue weighted by Gasteiger charge is 2.33. The summed E-state index contributed by atoms with van der Waals surface area (Å²) in [6.07, 6.45) is 0. The first-order valence-corrected chi connectivity index (χ1v) is 17.4. The van der Waals surface area contributed by atoms with Crippen LogP contribution in [0.3, 0.4) is 0 Å². The van der Waals surface area contributed by atoms with E-state index in [-0.39, 0.29) is 0 Å². The van der Waals surface area contributed by atoms with E-state index in [4.69, 9.17) is 23.2 Å². The maximum Gasteiger partial charge on any atom is 0.0705 e. The van der Waals surface area contributed by atoms with Gasteiger partial charge < -0.3 is 0 Å². The molecule has 2 aromatic carbocycles. The zero-order chi connectivity index (χ0) is 23.1. The van der Waals surface area contributed by atoms with Crippen LogP contribution in [0.1, 0.15) is 11.1 Å². The van der Waals surface area contributed by atoms with E-state index >= 15 is 0 Å². The van der Waals surface area contributed by atoms with Crippen molar-refractivity contribution in [3.8, 4) is 0 Å². The average Bonchev–Trinajstić information content (AvgIpc) is 3.48. The molecule has 10 heteroatoms. The summed E-state index contributed by atoms with van der Waals surface area (Å²) in [6.45, 7) is 0. The molecule has 0 N–H and O–H groups in total. The fraction of sp³-hybridized carbons (Fsp3) is 0. The Balaban J connectivity index is 1.58. The third-order valence-electron chi connectivity index (χ3n) is 4.83. The summed E-state index contributed by atoms with van der Waals surface area (Å²) < 4.78 is 7.82. The molecule has 0 fully saturated rings. The Morgan fingerprint density at radius 2 is 0.794 bits per heavy atom. The van der Waals surface area contributed by atoms with Gasteiger partial charge in [-0.25, -0.2) is 0 Å². The number of hydrogen-bond acceptors (Lipinski definition) is 8. The Morgan fingerprint density at radius 1 is 0.471 bits per heavy atom. The standard InChI is InChI=1S/C24H12Cl2S8/c25-15-7-3-1-5-13(15)17(19-31-21-22(32-19)28-10-9-27-21)18(14-6-2-4-8-16(14)26)20-33-23-24(34-20)30-12-11-29-23/h1-12H. The van der Waals surface area contributed by atoms with Gasteiger partial charge >= 0.3 is 0 Å². The van der Waals surface area contributed by atoms with Gasteiger partial charge in [-0.1, -0.05) is 154 Å². The second-order valence-corrected chi connectivity index (χ2v) is 17.0. The van der Waals surface area contributed by atoms with E-state index in [2.05, 4.69) is 45.9 Å². The molecule has 0 bridgehead atoms. The molecule has 4 aliphatic heterocycles. The lowest BCUT2D eigenvalue weighted by Crippen LogP contribution is -1.96. The first kappa shape index (κ1) is 24.6. The van der Waals surface area contributed by atoms with Crippen LogP contribution in [-0.4, -0.2) is 0 Å². The molecule has 0 aromatic heterocycles. The summed E-state index contributed by atoms with van der Waals surface area (Å²) in [5.74, 6) is 0. The summed E-state index contributed by atoms with van der Waals surface area (Å²) in [7, 11) is 0. The number of halogens is 2. The fourth-order valence-corrected chi connectivity index (χ4v) is 14.5. The molecule has 0 saturated heterocycles. The van der Waals surface area contributed by atoms with E-state index in [0.29, 0.717) is 0 Å². The molecule has 0 saturated carbocycles. The predicted octanol–water partition coefficient (Wildman–Crippen LogP) is 12.1. The predicted molar refractivity (Wildman–Crippen MR) is 170 cm³/mol. The van der Waals surface area contributed by atoms with Crippen LogP contribution in [0.25, 0.3) is 11.1 Å². The maximum absolute atomic E-state index is 6.86. The molecular weight excluding hydrogens is 616 g/mol. The van der Waals surface area contributed by atoms with E-state index in [9.17, 15) is 0 Å². The van der Waals surface area contributed by atoms with Gasteiger partial charge in [-0.3, -0.25) is 0 Å². The third kappa shape index (κ3) is 4.89. The minimum absolute atomic E-state index is 0.746. The molecule has 170 valence electrons. The first-order chi connectivity index (χ1) is 16.7. The molecule has 0 aliphatic carbocycles. The van der Waals surface area contributed by atoms with Gasteiger partial charge in [-0.15, -0.1) is 0 Å². The van der Waals surface area contributed by atoms with Gasteiger partial charge in [0.05, 0.1) is 25.4 Å². The molecule has 2 aromatic rings. The van der Waals surface area contributed by atoms with Crippen LogP contribution in [-0.2, 0) is 0 Å². The number of benzene rings is 2. The Labute approximate surface area is 242 Å². The van der Waals surface area contributed by atoms with Gasteiger partial charge in [0, 0.05) is 32.3 Å². The van der Waals surface area contributed by atoms with Crippen LogP contribution in [0, 0.1) is 0 Å². The summed E-state index contributed by atoms with van der Waals surface area (Å²) in [6, 6.07) is 16.3. The molecule has 4 heterocycles. The summed E-state index contributed by atoms with van der Waals surface area (Å²) in [5, 5.41) is 10.1. The van der Waals surface area contributed by atoms with E-state index in [1.54, 1.807) is 47.0 Å². The van der Waals surface area contributed by atoms with Gasteiger partial charge in [-0.05, 0) is 33.8 Å². The molecule has 6 rings (SSSR count). The van der Waals surface area contributed by atoms with Crippen LogP contribution in [0.4, 0.5) is 0 Å². The van der Waals surface area contributed by atoms with Crippen molar-refractivity contribution in [2.45, 2.75) is 0 Å². The molecule has 0 radical (unpaired) electrons.